The van der Waals surface area contributed by atoms with Gasteiger partial charge in [-0.15, -0.1) is 0 Å². The van der Waals surface area contributed by atoms with Gasteiger partial charge in [0, 0.05) is 5.02 Å². The molecule has 8 heteroatoms. The number of halogens is 1. The van der Waals surface area contributed by atoms with E-state index < -0.39 is 16.1 Å². The highest BCUT2D eigenvalue weighted by atomic mass is 35.5. The molecule has 1 aromatic carbocycles. The number of hydrogen-bond acceptors (Lipinski definition) is 4. The lowest BCUT2D eigenvalue weighted by atomic mass is 10.2. The van der Waals surface area contributed by atoms with Gasteiger partial charge in [-0.25, -0.2) is 13.1 Å². The first kappa shape index (κ1) is 15.7. The molecule has 0 saturated heterocycles. The van der Waals surface area contributed by atoms with Crippen molar-refractivity contribution >= 4 is 27.5 Å². The van der Waals surface area contributed by atoms with Gasteiger partial charge < -0.3 is 10.9 Å². The fraction of sp³-hybridized carbons (Fsp3) is 0.364. The van der Waals surface area contributed by atoms with Gasteiger partial charge in [0.15, 0.2) is 5.84 Å². The molecule has 0 spiro atoms. The quantitative estimate of drug-likeness (QED) is 0.321. The first-order chi connectivity index (χ1) is 8.90. The Balaban J connectivity index is 3.00. The van der Waals surface area contributed by atoms with Crippen LogP contribution in [0.15, 0.2) is 34.3 Å². The summed E-state index contributed by atoms with van der Waals surface area (Å²) in [4.78, 5) is 0.0341. The number of hydrogen-bond donors (Lipinski definition) is 3. The van der Waals surface area contributed by atoms with E-state index in [1.165, 1.54) is 18.2 Å². The maximum Gasteiger partial charge on any atom is 0.241 e. The van der Waals surface area contributed by atoms with Gasteiger partial charge in [0.2, 0.25) is 10.0 Å². The molecule has 106 valence electrons. The second-order valence-corrected chi connectivity index (χ2v) is 6.10. The summed E-state index contributed by atoms with van der Waals surface area (Å²) < 4.78 is 26.6. The van der Waals surface area contributed by atoms with Gasteiger partial charge in [-0.2, -0.15) is 0 Å². The topological polar surface area (TPSA) is 105 Å². The zero-order chi connectivity index (χ0) is 14.5. The molecule has 6 nitrogen and oxygen atoms in total. The summed E-state index contributed by atoms with van der Waals surface area (Å²) in [7, 11) is -3.77. The van der Waals surface area contributed by atoms with Crippen LogP contribution in [0.3, 0.4) is 0 Å². The minimum absolute atomic E-state index is 0.0341. The van der Waals surface area contributed by atoms with Crippen LogP contribution in [0, 0.1) is 0 Å². The number of nitrogens with two attached hydrogens (primary N) is 1. The Bertz CT molecular complexity index is 560. The van der Waals surface area contributed by atoms with Crippen LogP contribution in [-0.2, 0) is 10.0 Å². The van der Waals surface area contributed by atoms with Crippen molar-refractivity contribution in [2.45, 2.75) is 30.7 Å². The van der Waals surface area contributed by atoms with Crippen molar-refractivity contribution < 1.29 is 13.6 Å². The molecule has 0 amide bonds. The Morgan fingerprint density at radius 3 is 2.79 bits per heavy atom. The largest absolute Gasteiger partial charge is 0.409 e. The van der Waals surface area contributed by atoms with E-state index >= 15 is 0 Å². The predicted molar refractivity (Wildman–Crippen MR) is 73.9 cm³/mol. The van der Waals surface area contributed by atoms with Crippen LogP contribution < -0.4 is 10.5 Å². The second-order valence-electron chi connectivity index (χ2n) is 3.94. The molecule has 19 heavy (non-hydrogen) atoms. The molecule has 1 aromatic rings. The van der Waals surface area contributed by atoms with Gasteiger partial charge in [0.1, 0.15) is 0 Å². The predicted octanol–water partition coefficient (Wildman–Crippen LogP) is 1.53. The highest BCUT2D eigenvalue weighted by Gasteiger charge is 2.22. The summed E-state index contributed by atoms with van der Waals surface area (Å²) >= 11 is 5.76. The van der Waals surface area contributed by atoms with Gasteiger partial charge in [0.25, 0.3) is 0 Å². The monoisotopic (exact) mass is 305 g/mol. The third-order valence-corrected chi connectivity index (χ3v) is 4.16. The zero-order valence-electron chi connectivity index (χ0n) is 10.4. The van der Waals surface area contributed by atoms with Crippen molar-refractivity contribution in [3.05, 3.63) is 29.3 Å². The number of benzene rings is 1. The summed E-state index contributed by atoms with van der Waals surface area (Å²) in [6.07, 6.45) is 1.11. The molecule has 0 aliphatic carbocycles. The van der Waals surface area contributed by atoms with E-state index in [2.05, 4.69) is 9.88 Å². The Hall–Kier alpha value is -1.31. The Kier molecular flexibility index (Phi) is 5.59. The van der Waals surface area contributed by atoms with Crippen LogP contribution in [0.25, 0.3) is 0 Å². The molecule has 0 aromatic heterocycles. The molecule has 1 rings (SSSR count). The Morgan fingerprint density at radius 1 is 1.58 bits per heavy atom. The molecule has 0 saturated carbocycles. The third kappa shape index (κ3) is 4.38. The van der Waals surface area contributed by atoms with Crippen molar-refractivity contribution in [2.24, 2.45) is 10.9 Å². The van der Waals surface area contributed by atoms with Crippen LogP contribution in [0.5, 0.6) is 0 Å². The first-order valence-electron chi connectivity index (χ1n) is 5.66. The molecule has 0 heterocycles. The molecule has 0 fully saturated rings. The van der Waals surface area contributed by atoms with E-state index in [1.54, 1.807) is 6.07 Å². The van der Waals surface area contributed by atoms with Gasteiger partial charge in [-0.3, -0.25) is 0 Å². The molecule has 4 N–H and O–H groups in total. The lowest BCUT2D eigenvalue weighted by Crippen LogP contribution is -2.44. The fourth-order valence-electron chi connectivity index (χ4n) is 1.52. The molecule has 1 atom stereocenters. The summed E-state index contributed by atoms with van der Waals surface area (Å²) in [5.74, 6) is -0.174. The molecule has 0 aliphatic rings. The van der Waals surface area contributed by atoms with Crippen molar-refractivity contribution in [3.8, 4) is 0 Å². The van der Waals surface area contributed by atoms with Gasteiger partial charge in [-0.05, 0) is 24.6 Å². The van der Waals surface area contributed by atoms with Crippen molar-refractivity contribution in [1.29, 1.82) is 0 Å². The second kappa shape index (κ2) is 6.74. The highest BCUT2D eigenvalue weighted by Crippen LogP contribution is 2.16. The van der Waals surface area contributed by atoms with Gasteiger partial charge in [-0.1, -0.05) is 36.2 Å². The lowest BCUT2D eigenvalue weighted by molar-refractivity contribution is 0.315. The minimum atomic E-state index is -3.77. The zero-order valence-corrected chi connectivity index (χ0v) is 11.9. The smallest absolute Gasteiger partial charge is 0.241 e. The maximum absolute atomic E-state index is 12.1. The average molecular weight is 306 g/mol. The number of rotatable bonds is 6. The summed E-state index contributed by atoms with van der Waals surface area (Å²) in [6, 6.07) is 5.12. The number of sulfonamides is 1. The molecule has 0 radical (unpaired) electrons. The van der Waals surface area contributed by atoms with Crippen LogP contribution in [0.4, 0.5) is 0 Å². The van der Waals surface area contributed by atoms with Crippen LogP contribution in [-0.4, -0.2) is 25.5 Å². The number of nitrogens with zero attached hydrogens (tertiary/aromatic N) is 1. The van der Waals surface area contributed by atoms with Crippen LogP contribution in [0.2, 0.25) is 5.02 Å². The molecule has 0 aliphatic heterocycles. The number of amidine groups is 1. The number of oxime groups is 1. The lowest BCUT2D eigenvalue weighted by Gasteiger charge is -2.16. The van der Waals surface area contributed by atoms with Gasteiger partial charge in [0.05, 0.1) is 10.9 Å². The van der Waals surface area contributed by atoms with E-state index in [4.69, 9.17) is 22.5 Å². The fourth-order valence-corrected chi connectivity index (χ4v) is 3.06. The van der Waals surface area contributed by atoms with Crippen LogP contribution >= 0.6 is 11.6 Å². The summed E-state index contributed by atoms with van der Waals surface area (Å²) in [6.45, 7) is 1.87. The van der Waals surface area contributed by atoms with Gasteiger partial charge >= 0.3 is 0 Å². The minimum Gasteiger partial charge on any atom is -0.409 e. The molecule has 1 unspecified atom stereocenters. The first-order valence-corrected chi connectivity index (χ1v) is 7.52. The Labute approximate surface area is 117 Å². The Morgan fingerprint density at radius 2 is 2.26 bits per heavy atom. The van der Waals surface area contributed by atoms with Crippen molar-refractivity contribution in [3.63, 3.8) is 0 Å². The van der Waals surface area contributed by atoms with E-state index in [-0.39, 0.29) is 10.7 Å². The number of nitrogens with one attached hydrogen (secondary N) is 1. The van der Waals surface area contributed by atoms with Crippen molar-refractivity contribution in [2.75, 3.05) is 0 Å². The summed E-state index contributed by atoms with van der Waals surface area (Å²) in [5, 5.41) is 11.8. The third-order valence-electron chi connectivity index (χ3n) is 2.45. The molecular formula is C11H16ClN3O3S. The van der Waals surface area contributed by atoms with E-state index in [0.717, 1.165) is 0 Å². The van der Waals surface area contributed by atoms with E-state index in [1.807, 2.05) is 6.92 Å². The normalized spacial score (nSPS) is 14.3. The van der Waals surface area contributed by atoms with E-state index in [0.29, 0.717) is 17.9 Å². The molecule has 0 bridgehead atoms. The van der Waals surface area contributed by atoms with E-state index in [9.17, 15) is 8.42 Å². The van der Waals surface area contributed by atoms with Crippen molar-refractivity contribution in [1.82, 2.24) is 4.72 Å². The molecular weight excluding hydrogens is 290 g/mol. The maximum atomic E-state index is 12.1. The summed E-state index contributed by atoms with van der Waals surface area (Å²) in [5.41, 5.74) is 5.47. The SMILES string of the molecule is CCCC(NS(=O)(=O)c1cccc(Cl)c1)/C(N)=N/O. The van der Waals surface area contributed by atoms with Crippen LogP contribution in [0.1, 0.15) is 19.8 Å². The average Bonchev–Trinajstić information content (AvgIpc) is 2.37. The highest BCUT2D eigenvalue weighted by molar-refractivity contribution is 7.89. The standard InChI is InChI=1S/C11H16ClN3O3S/c1-2-4-10(11(13)14-16)15-19(17,18)9-6-3-5-8(12)7-9/h3,5-7,10,15-16H,2,4H2,1H3,(H2,13,14).